The SMILES string of the molecule is CC(CNC(C)(C)C)NCCc1ccc(F)cc1F. The first-order valence-electron chi connectivity index (χ1n) is 6.70. The predicted molar refractivity (Wildman–Crippen MR) is 75.3 cm³/mol. The molecule has 4 heteroatoms. The minimum absolute atomic E-state index is 0.0962. The Balaban J connectivity index is 2.30. The van der Waals surface area contributed by atoms with E-state index in [9.17, 15) is 8.78 Å². The molecule has 0 aliphatic rings. The van der Waals surface area contributed by atoms with Crippen LogP contribution in [0, 0.1) is 11.6 Å². The third-order valence-electron chi connectivity index (χ3n) is 2.84. The second kappa shape index (κ2) is 6.96. The molecule has 1 aromatic carbocycles. The lowest BCUT2D eigenvalue weighted by atomic mass is 10.1. The highest BCUT2D eigenvalue weighted by Gasteiger charge is 2.10. The van der Waals surface area contributed by atoms with Crippen molar-refractivity contribution in [1.82, 2.24) is 10.6 Å². The minimum Gasteiger partial charge on any atom is -0.313 e. The third kappa shape index (κ3) is 6.64. The summed E-state index contributed by atoms with van der Waals surface area (Å²) in [6, 6.07) is 4.04. The second-order valence-electron chi connectivity index (χ2n) is 5.97. The van der Waals surface area contributed by atoms with E-state index >= 15 is 0 Å². The van der Waals surface area contributed by atoms with E-state index in [0.717, 1.165) is 12.6 Å². The summed E-state index contributed by atoms with van der Waals surface area (Å²) >= 11 is 0. The highest BCUT2D eigenvalue weighted by Crippen LogP contribution is 2.09. The Kier molecular flexibility index (Phi) is 5.88. The Morgan fingerprint density at radius 1 is 1.21 bits per heavy atom. The monoisotopic (exact) mass is 270 g/mol. The Labute approximate surface area is 114 Å². The highest BCUT2D eigenvalue weighted by molar-refractivity contribution is 5.18. The molecule has 1 aromatic rings. The topological polar surface area (TPSA) is 24.1 Å². The summed E-state index contributed by atoms with van der Waals surface area (Å²) in [5.41, 5.74) is 0.642. The van der Waals surface area contributed by atoms with Crippen LogP contribution in [0.25, 0.3) is 0 Å². The molecule has 0 saturated carbocycles. The van der Waals surface area contributed by atoms with Crippen molar-refractivity contribution in [1.29, 1.82) is 0 Å². The number of halogens is 2. The van der Waals surface area contributed by atoms with Crippen molar-refractivity contribution in [2.24, 2.45) is 0 Å². The van der Waals surface area contributed by atoms with Crippen molar-refractivity contribution >= 4 is 0 Å². The summed E-state index contributed by atoms with van der Waals surface area (Å²) in [7, 11) is 0. The van der Waals surface area contributed by atoms with E-state index in [4.69, 9.17) is 0 Å². The molecule has 1 rings (SSSR count). The lowest BCUT2D eigenvalue weighted by Gasteiger charge is -2.24. The summed E-state index contributed by atoms with van der Waals surface area (Å²) in [6.07, 6.45) is 0.561. The van der Waals surface area contributed by atoms with Gasteiger partial charge in [-0.3, -0.25) is 0 Å². The fourth-order valence-corrected chi connectivity index (χ4v) is 1.71. The van der Waals surface area contributed by atoms with E-state index in [1.807, 2.05) is 0 Å². The van der Waals surface area contributed by atoms with Crippen LogP contribution in [0.2, 0.25) is 0 Å². The van der Waals surface area contributed by atoms with E-state index in [0.29, 0.717) is 24.6 Å². The number of hydrogen-bond acceptors (Lipinski definition) is 2. The minimum atomic E-state index is -0.531. The fourth-order valence-electron chi connectivity index (χ4n) is 1.71. The molecule has 1 unspecified atom stereocenters. The van der Waals surface area contributed by atoms with Gasteiger partial charge in [-0.05, 0) is 52.3 Å². The molecule has 0 radical (unpaired) electrons. The molecule has 0 heterocycles. The number of nitrogens with one attached hydrogen (secondary N) is 2. The van der Waals surface area contributed by atoms with E-state index in [1.54, 1.807) is 0 Å². The average Bonchev–Trinajstić information content (AvgIpc) is 2.28. The van der Waals surface area contributed by atoms with Gasteiger partial charge in [0.1, 0.15) is 11.6 Å². The molecule has 2 nitrogen and oxygen atoms in total. The molecule has 0 bridgehead atoms. The Morgan fingerprint density at radius 2 is 1.89 bits per heavy atom. The zero-order valence-corrected chi connectivity index (χ0v) is 12.2. The average molecular weight is 270 g/mol. The van der Waals surface area contributed by atoms with Crippen molar-refractivity contribution in [2.45, 2.75) is 45.7 Å². The molecule has 0 aliphatic heterocycles. The van der Waals surface area contributed by atoms with E-state index in [2.05, 4.69) is 38.3 Å². The lowest BCUT2D eigenvalue weighted by molar-refractivity contribution is 0.388. The van der Waals surface area contributed by atoms with E-state index in [-0.39, 0.29) is 5.54 Å². The zero-order valence-electron chi connectivity index (χ0n) is 12.2. The van der Waals surface area contributed by atoms with Gasteiger partial charge >= 0.3 is 0 Å². The van der Waals surface area contributed by atoms with Gasteiger partial charge < -0.3 is 10.6 Å². The lowest BCUT2D eigenvalue weighted by Crippen LogP contribution is -2.45. The van der Waals surface area contributed by atoms with Crippen LogP contribution in [-0.4, -0.2) is 24.7 Å². The highest BCUT2D eigenvalue weighted by atomic mass is 19.1. The molecule has 2 N–H and O–H groups in total. The maximum absolute atomic E-state index is 13.4. The van der Waals surface area contributed by atoms with Crippen LogP contribution in [-0.2, 0) is 6.42 Å². The largest absolute Gasteiger partial charge is 0.313 e. The van der Waals surface area contributed by atoms with Crippen LogP contribution in [0.4, 0.5) is 8.78 Å². The third-order valence-corrected chi connectivity index (χ3v) is 2.84. The summed E-state index contributed by atoms with van der Waals surface area (Å²) < 4.78 is 26.1. The molecule has 0 aromatic heterocycles. The predicted octanol–water partition coefficient (Wildman–Crippen LogP) is 2.87. The van der Waals surface area contributed by atoms with Gasteiger partial charge in [0.05, 0.1) is 0 Å². The maximum Gasteiger partial charge on any atom is 0.129 e. The van der Waals surface area contributed by atoms with Crippen LogP contribution in [0.15, 0.2) is 18.2 Å². The smallest absolute Gasteiger partial charge is 0.129 e. The second-order valence-corrected chi connectivity index (χ2v) is 5.97. The molecule has 0 saturated heterocycles. The molecule has 0 amide bonds. The first-order chi connectivity index (χ1) is 8.78. The molecular formula is C15H24F2N2. The van der Waals surface area contributed by atoms with Gasteiger partial charge in [-0.1, -0.05) is 6.07 Å². The molecular weight excluding hydrogens is 246 g/mol. The fraction of sp³-hybridized carbons (Fsp3) is 0.600. The van der Waals surface area contributed by atoms with Gasteiger partial charge in [0.2, 0.25) is 0 Å². The zero-order chi connectivity index (χ0) is 14.5. The summed E-state index contributed by atoms with van der Waals surface area (Å²) in [4.78, 5) is 0. The van der Waals surface area contributed by atoms with Gasteiger partial charge in [0.25, 0.3) is 0 Å². The standard InChI is InChI=1S/C15H24F2N2/c1-11(10-19-15(2,3)4)18-8-7-12-5-6-13(16)9-14(12)17/h5-6,9,11,18-19H,7-8,10H2,1-4H3. The summed E-state index contributed by atoms with van der Waals surface area (Å²) in [6.45, 7) is 9.97. The number of hydrogen-bond donors (Lipinski definition) is 2. The Hall–Kier alpha value is -1.00. The molecule has 0 aliphatic carbocycles. The molecule has 0 spiro atoms. The van der Waals surface area contributed by atoms with Gasteiger partial charge in [-0.25, -0.2) is 8.78 Å². The van der Waals surface area contributed by atoms with Crippen molar-refractivity contribution in [3.63, 3.8) is 0 Å². The molecule has 108 valence electrons. The molecule has 19 heavy (non-hydrogen) atoms. The normalized spacial score (nSPS) is 13.6. The number of benzene rings is 1. The van der Waals surface area contributed by atoms with Gasteiger partial charge in [0.15, 0.2) is 0 Å². The Bertz CT molecular complexity index is 400. The first-order valence-corrected chi connectivity index (χ1v) is 6.70. The Morgan fingerprint density at radius 3 is 2.47 bits per heavy atom. The van der Waals surface area contributed by atoms with Crippen LogP contribution in [0.5, 0.6) is 0 Å². The van der Waals surface area contributed by atoms with Gasteiger partial charge in [0, 0.05) is 24.2 Å². The van der Waals surface area contributed by atoms with Crippen molar-refractivity contribution in [3.8, 4) is 0 Å². The summed E-state index contributed by atoms with van der Waals surface area (Å²) in [5, 5.41) is 6.73. The summed E-state index contributed by atoms with van der Waals surface area (Å²) in [5.74, 6) is -1.00. The van der Waals surface area contributed by atoms with Crippen molar-refractivity contribution in [2.75, 3.05) is 13.1 Å². The maximum atomic E-state index is 13.4. The van der Waals surface area contributed by atoms with Crippen LogP contribution in [0.3, 0.4) is 0 Å². The first kappa shape index (κ1) is 16.1. The quantitative estimate of drug-likeness (QED) is 0.830. The van der Waals surface area contributed by atoms with Crippen LogP contribution in [0.1, 0.15) is 33.3 Å². The van der Waals surface area contributed by atoms with Gasteiger partial charge in [-0.2, -0.15) is 0 Å². The van der Waals surface area contributed by atoms with Crippen molar-refractivity contribution < 1.29 is 8.78 Å². The van der Waals surface area contributed by atoms with E-state index in [1.165, 1.54) is 12.1 Å². The number of rotatable bonds is 6. The van der Waals surface area contributed by atoms with Gasteiger partial charge in [-0.15, -0.1) is 0 Å². The van der Waals surface area contributed by atoms with E-state index < -0.39 is 11.6 Å². The van der Waals surface area contributed by atoms with Crippen molar-refractivity contribution in [3.05, 3.63) is 35.4 Å². The molecule has 0 fully saturated rings. The molecule has 1 atom stereocenters. The van der Waals surface area contributed by atoms with Crippen LogP contribution >= 0.6 is 0 Å². The van der Waals surface area contributed by atoms with Crippen LogP contribution < -0.4 is 10.6 Å².